The number of pyridine rings is 1. The first kappa shape index (κ1) is 30.4. The molecule has 0 radical (unpaired) electrons. The molecule has 2 aromatic heterocycles. The quantitative estimate of drug-likeness (QED) is 0.186. The van der Waals surface area contributed by atoms with E-state index >= 15 is 4.39 Å². The summed E-state index contributed by atoms with van der Waals surface area (Å²) in [7, 11) is 3.77. The maximum Gasteiger partial charge on any atom is 0.236 e. The number of carbonyl (C=O) groups is 2. The SMILES string of the molecule is CN1CCN(Cc2cccc(-c3cc4nccc(Oc5ccc(NC(=O)CC(=O)N(C)c6ccccc6)cc5F)c4s3)c2)CC1. The smallest absolute Gasteiger partial charge is 0.236 e. The summed E-state index contributed by atoms with van der Waals surface area (Å²) in [6, 6.07) is 25.6. The van der Waals surface area contributed by atoms with Crippen molar-refractivity contribution in [2.45, 2.75) is 13.0 Å². The minimum absolute atomic E-state index is 0.0181. The lowest BCUT2D eigenvalue weighted by Gasteiger charge is -2.32. The Morgan fingerprint density at radius 2 is 1.76 bits per heavy atom. The zero-order chi connectivity index (χ0) is 31.3. The van der Waals surface area contributed by atoms with Gasteiger partial charge in [-0.05, 0) is 54.6 Å². The molecule has 3 aromatic carbocycles. The van der Waals surface area contributed by atoms with Gasteiger partial charge in [0.2, 0.25) is 11.8 Å². The Hall–Kier alpha value is -4.64. The zero-order valence-electron chi connectivity index (χ0n) is 25.2. The third kappa shape index (κ3) is 7.37. The average Bonchev–Trinajstić information content (AvgIpc) is 3.49. The van der Waals surface area contributed by atoms with E-state index in [0.717, 1.165) is 53.4 Å². The summed E-state index contributed by atoms with van der Waals surface area (Å²) in [5, 5.41) is 2.60. The van der Waals surface area contributed by atoms with Crippen molar-refractivity contribution < 1.29 is 18.7 Å². The lowest BCUT2D eigenvalue weighted by atomic mass is 10.1. The van der Waals surface area contributed by atoms with Crippen LogP contribution >= 0.6 is 11.3 Å². The molecule has 230 valence electrons. The topological polar surface area (TPSA) is 78.0 Å². The Morgan fingerprint density at radius 3 is 2.53 bits per heavy atom. The minimum atomic E-state index is -0.640. The lowest BCUT2D eigenvalue weighted by Crippen LogP contribution is -2.43. The molecule has 3 heterocycles. The maximum absolute atomic E-state index is 15.2. The van der Waals surface area contributed by atoms with Crippen molar-refractivity contribution in [3.8, 4) is 21.9 Å². The van der Waals surface area contributed by atoms with Crippen molar-refractivity contribution in [2.75, 3.05) is 50.5 Å². The van der Waals surface area contributed by atoms with Crippen LogP contribution in [-0.4, -0.2) is 66.9 Å². The molecule has 8 nitrogen and oxygen atoms in total. The molecule has 0 unspecified atom stereocenters. The van der Waals surface area contributed by atoms with Crippen molar-refractivity contribution in [3.63, 3.8) is 0 Å². The molecule has 45 heavy (non-hydrogen) atoms. The first-order valence-corrected chi connectivity index (χ1v) is 15.6. The van der Waals surface area contributed by atoms with Crippen LogP contribution < -0.4 is 15.0 Å². The molecule has 0 aliphatic carbocycles. The van der Waals surface area contributed by atoms with Gasteiger partial charge in [0.05, 0.1) is 10.2 Å². The number of benzene rings is 3. The molecule has 1 saturated heterocycles. The van der Waals surface area contributed by atoms with Gasteiger partial charge < -0.3 is 19.9 Å². The summed E-state index contributed by atoms with van der Waals surface area (Å²) in [4.78, 5) is 36.9. The fourth-order valence-corrected chi connectivity index (χ4v) is 6.32. The van der Waals surface area contributed by atoms with Crippen LogP contribution in [0, 0.1) is 5.82 Å². The van der Waals surface area contributed by atoms with Crippen molar-refractivity contribution in [2.24, 2.45) is 0 Å². The standard InChI is InChI=1S/C35H34FN5O3S/c1-39-15-17-41(18-16-39)23-24-7-6-8-25(19-24)32-21-29-35(45-32)31(13-14-37-29)44-30-12-11-26(20-28(30)36)38-33(42)22-34(43)40(2)27-9-4-3-5-10-27/h3-14,19-21H,15-18,22-23H2,1-2H3,(H,38,42). The van der Waals surface area contributed by atoms with E-state index in [9.17, 15) is 9.59 Å². The van der Waals surface area contributed by atoms with Crippen LogP contribution in [0.4, 0.5) is 15.8 Å². The molecule has 2 amide bonds. The first-order chi connectivity index (χ1) is 21.8. The van der Waals surface area contributed by atoms with Crippen LogP contribution in [0.1, 0.15) is 12.0 Å². The molecule has 1 N–H and O–H groups in total. The summed E-state index contributed by atoms with van der Waals surface area (Å²) in [5.41, 5.74) is 4.05. The van der Waals surface area contributed by atoms with Gasteiger partial charge in [0.25, 0.3) is 0 Å². The third-order valence-corrected chi connectivity index (χ3v) is 9.04. The highest BCUT2D eigenvalue weighted by Crippen LogP contribution is 2.40. The number of para-hydroxylation sites is 1. The number of piperazine rings is 1. The van der Waals surface area contributed by atoms with E-state index in [1.54, 1.807) is 48.8 Å². The highest BCUT2D eigenvalue weighted by Gasteiger charge is 2.18. The van der Waals surface area contributed by atoms with Gasteiger partial charge in [0.1, 0.15) is 12.2 Å². The third-order valence-electron chi connectivity index (χ3n) is 7.85. The number of ether oxygens (including phenoxy) is 1. The fourth-order valence-electron chi connectivity index (χ4n) is 5.26. The molecular formula is C35H34FN5O3S. The highest BCUT2D eigenvalue weighted by atomic mass is 32.1. The number of amides is 2. The number of rotatable bonds is 9. The molecule has 10 heteroatoms. The summed E-state index contributed by atoms with van der Waals surface area (Å²) in [5.74, 6) is -1.04. The van der Waals surface area contributed by atoms with Crippen LogP contribution in [0.2, 0.25) is 0 Å². The number of carbonyl (C=O) groups excluding carboxylic acids is 2. The van der Waals surface area contributed by atoms with Gasteiger partial charge in [0, 0.05) is 74.4 Å². The Morgan fingerprint density at radius 1 is 0.956 bits per heavy atom. The van der Waals surface area contributed by atoms with E-state index in [2.05, 4.69) is 51.4 Å². The molecule has 1 fully saturated rings. The number of aromatic nitrogens is 1. The van der Waals surface area contributed by atoms with Gasteiger partial charge in [-0.3, -0.25) is 19.5 Å². The van der Waals surface area contributed by atoms with Crippen molar-refractivity contribution in [1.29, 1.82) is 0 Å². The average molecular weight is 624 g/mol. The number of hydrogen-bond donors (Lipinski definition) is 1. The molecule has 0 bridgehead atoms. The second kappa shape index (κ2) is 13.6. The first-order valence-electron chi connectivity index (χ1n) is 14.8. The van der Waals surface area contributed by atoms with Crippen LogP contribution in [0.15, 0.2) is 91.1 Å². The maximum atomic E-state index is 15.2. The zero-order valence-corrected chi connectivity index (χ0v) is 26.0. The molecule has 1 aliphatic heterocycles. The van der Waals surface area contributed by atoms with Gasteiger partial charge in [-0.15, -0.1) is 11.3 Å². The largest absolute Gasteiger partial charge is 0.453 e. The minimum Gasteiger partial charge on any atom is -0.453 e. The predicted octanol–water partition coefficient (Wildman–Crippen LogP) is 6.63. The number of nitrogens with one attached hydrogen (secondary N) is 1. The number of anilines is 2. The number of likely N-dealkylation sites (N-methyl/N-ethyl adjacent to an activating group) is 1. The van der Waals surface area contributed by atoms with Gasteiger partial charge in [-0.1, -0.05) is 36.4 Å². The van der Waals surface area contributed by atoms with Crippen molar-refractivity contribution in [1.82, 2.24) is 14.8 Å². The molecule has 0 saturated carbocycles. The second-order valence-corrected chi connectivity index (χ2v) is 12.2. The van der Waals surface area contributed by atoms with Crippen molar-refractivity contribution in [3.05, 3.63) is 103 Å². The fraction of sp³-hybridized carbons (Fsp3) is 0.229. The van der Waals surface area contributed by atoms with Crippen LogP contribution in [0.25, 0.3) is 20.7 Å². The van der Waals surface area contributed by atoms with Crippen molar-refractivity contribution >= 4 is 44.7 Å². The molecule has 0 spiro atoms. The lowest BCUT2D eigenvalue weighted by molar-refractivity contribution is -0.125. The molecule has 5 aromatic rings. The summed E-state index contributed by atoms with van der Waals surface area (Å²) >= 11 is 1.55. The van der Waals surface area contributed by atoms with E-state index < -0.39 is 11.7 Å². The summed E-state index contributed by atoms with van der Waals surface area (Å²) in [6.45, 7) is 5.19. The van der Waals surface area contributed by atoms with E-state index in [4.69, 9.17) is 4.74 Å². The highest BCUT2D eigenvalue weighted by molar-refractivity contribution is 7.22. The molecule has 6 rings (SSSR count). The normalized spacial score (nSPS) is 13.9. The van der Waals surface area contributed by atoms with Gasteiger partial charge >= 0.3 is 0 Å². The number of fused-ring (bicyclic) bond motifs is 1. The Labute approximate surface area is 265 Å². The van der Waals surface area contributed by atoms with Crippen LogP contribution in [-0.2, 0) is 16.1 Å². The Balaban J connectivity index is 1.12. The molecular weight excluding hydrogens is 589 g/mol. The van der Waals surface area contributed by atoms with Crippen LogP contribution in [0.3, 0.4) is 0 Å². The van der Waals surface area contributed by atoms with Gasteiger partial charge in [-0.25, -0.2) is 4.39 Å². The Bertz CT molecular complexity index is 1820. The molecule has 1 aliphatic rings. The summed E-state index contributed by atoms with van der Waals surface area (Å²) in [6.07, 6.45) is 1.27. The summed E-state index contributed by atoms with van der Waals surface area (Å²) < 4.78 is 22.0. The van der Waals surface area contributed by atoms with Crippen LogP contribution in [0.5, 0.6) is 11.5 Å². The number of halogens is 1. The van der Waals surface area contributed by atoms with Gasteiger partial charge in [0.15, 0.2) is 11.6 Å². The second-order valence-electron chi connectivity index (χ2n) is 11.2. The number of hydrogen-bond acceptors (Lipinski definition) is 7. The van der Waals surface area contributed by atoms with E-state index in [1.165, 1.54) is 22.6 Å². The number of thiophene rings is 1. The van der Waals surface area contributed by atoms with E-state index in [-0.39, 0.29) is 23.8 Å². The van der Waals surface area contributed by atoms with E-state index in [1.807, 2.05) is 24.3 Å². The van der Waals surface area contributed by atoms with E-state index in [0.29, 0.717) is 11.4 Å². The number of nitrogens with zero attached hydrogens (tertiary/aromatic N) is 4. The Kier molecular flexibility index (Phi) is 9.16. The monoisotopic (exact) mass is 623 g/mol. The molecule has 0 atom stereocenters. The predicted molar refractivity (Wildman–Crippen MR) is 177 cm³/mol. The van der Waals surface area contributed by atoms with Gasteiger partial charge in [-0.2, -0.15) is 0 Å².